The molecule has 0 bridgehead atoms. The van der Waals surface area contributed by atoms with E-state index in [2.05, 4.69) is 0 Å². The number of amides is 1. The lowest BCUT2D eigenvalue weighted by Crippen LogP contribution is -2.40. The summed E-state index contributed by atoms with van der Waals surface area (Å²) in [6, 6.07) is 20.5. The quantitative estimate of drug-likeness (QED) is 0.554. The molecule has 0 radical (unpaired) electrons. The summed E-state index contributed by atoms with van der Waals surface area (Å²) in [7, 11) is -4.09. The highest BCUT2D eigenvalue weighted by molar-refractivity contribution is 7.93. The minimum atomic E-state index is -4.09. The first-order valence-corrected chi connectivity index (χ1v) is 11.2. The highest BCUT2D eigenvalue weighted by atomic mass is 32.2. The standard InChI is InChI=1S/C24H25NO4S/c1-4-20-13-15-21(16-14-20)25(30(27,28)22-11-6-5-7-12-22)23(26)17-29-24-18(2)9-8-10-19(24)3/h5-16H,4,17H2,1-3H3. The zero-order valence-corrected chi connectivity index (χ0v) is 18.1. The molecule has 1 amide bonds. The minimum Gasteiger partial charge on any atom is -0.483 e. The fourth-order valence-corrected chi connectivity index (χ4v) is 4.63. The molecule has 0 atom stereocenters. The smallest absolute Gasteiger partial charge is 0.278 e. The molecule has 3 aromatic carbocycles. The highest BCUT2D eigenvalue weighted by Crippen LogP contribution is 2.26. The van der Waals surface area contributed by atoms with E-state index < -0.39 is 22.5 Å². The number of hydrogen-bond donors (Lipinski definition) is 0. The second kappa shape index (κ2) is 9.13. The Morgan fingerprint density at radius 1 is 0.867 bits per heavy atom. The molecule has 3 aromatic rings. The van der Waals surface area contributed by atoms with Gasteiger partial charge in [-0.1, -0.05) is 55.5 Å². The van der Waals surface area contributed by atoms with Crippen LogP contribution in [0.4, 0.5) is 5.69 Å². The van der Waals surface area contributed by atoms with Gasteiger partial charge in [0.2, 0.25) is 0 Å². The van der Waals surface area contributed by atoms with Crippen molar-refractivity contribution < 1.29 is 17.9 Å². The lowest BCUT2D eigenvalue weighted by Gasteiger charge is -2.23. The van der Waals surface area contributed by atoms with E-state index in [9.17, 15) is 13.2 Å². The number of carbonyl (C=O) groups excluding carboxylic acids is 1. The van der Waals surface area contributed by atoms with Crippen LogP contribution in [0, 0.1) is 13.8 Å². The largest absolute Gasteiger partial charge is 0.483 e. The van der Waals surface area contributed by atoms with Crippen LogP contribution in [0.3, 0.4) is 0 Å². The van der Waals surface area contributed by atoms with Crippen LogP contribution in [0.5, 0.6) is 5.75 Å². The van der Waals surface area contributed by atoms with Crippen LogP contribution in [0.2, 0.25) is 0 Å². The Balaban J connectivity index is 1.97. The maximum Gasteiger partial charge on any atom is 0.278 e. The number of carbonyl (C=O) groups is 1. The average Bonchev–Trinajstić information content (AvgIpc) is 2.74. The number of rotatable bonds is 7. The number of anilines is 1. The number of nitrogens with zero attached hydrogens (tertiary/aromatic N) is 1. The first-order chi connectivity index (χ1) is 14.3. The molecule has 0 spiro atoms. The van der Waals surface area contributed by atoms with Crippen LogP contribution in [-0.2, 0) is 21.2 Å². The molecule has 156 valence electrons. The lowest BCUT2D eigenvalue weighted by atomic mass is 10.1. The van der Waals surface area contributed by atoms with Crippen LogP contribution in [0.25, 0.3) is 0 Å². The van der Waals surface area contributed by atoms with Crippen molar-refractivity contribution in [2.24, 2.45) is 0 Å². The molecule has 3 rings (SSSR count). The predicted octanol–water partition coefficient (Wildman–Crippen LogP) is 4.67. The van der Waals surface area contributed by atoms with Crippen molar-refractivity contribution in [2.45, 2.75) is 32.1 Å². The van der Waals surface area contributed by atoms with Crippen molar-refractivity contribution in [1.29, 1.82) is 0 Å². The second-order valence-electron chi connectivity index (χ2n) is 7.01. The first-order valence-electron chi connectivity index (χ1n) is 9.75. The molecule has 6 heteroatoms. The van der Waals surface area contributed by atoms with E-state index in [0.717, 1.165) is 27.4 Å². The number of aryl methyl sites for hydroxylation is 3. The molecule has 0 heterocycles. The van der Waals surface area contributed by atoms with E-state index in [0.29, 0.717) is 5.75 Å². The molecule has 0 aliphatic carbocycles. The van der Waals surface area contributed by atoms with Crippen molar-refractivity contribution in [3.8, 4) is 5.75 Å². The maximum atomic E-state index is 13.3. The summed E-state index contributed by atoms with van der Waals surface area (Å²) in [6.07, 6.45) is 0.815. The van der Waals surface area contributed by atoms with Gasteiger partial charge in [0.15, 0.2) is 6.61 Å². The third-order valence-electron chi connectivity index (χ3n) is 4.84. The summed E-state index contributed by atoms with van der Waals surface area (Å²) in [6.45, 7) is 5.38. The van der Waals surface area contributed by atoms with E-state index in [1.807, 2.05) is 51.1 Å². The molecule has 0 aromatic heterocycles. The monoisotopic (exact) mass is 423 g/mol. The summed E-state index contributed by atoms with van der Waals surface area (Å²) in [5.74, 6) is -0.0741. The second-order valence-corrected chi connectivity index (χ2v) is 8.79. The zero-order chi connectivity index (χ0) is 21.7. The van der Waals surface area contributed by atoms with Gasteiger partial charge in [0.1, 0.15) is 5.75 Å². The topological polar surface area (TPSA) is 63.7 Å². The average molecular weight is 424 g/mol. The Morgan fingerprint density at radius 2 is 1.47 bits per heavy atom. The zero-order valence-electron chi connectivity index (χ0n) is 17.3. The van der Waals surface area contributed by atoms with E-state index in [4.69, 9.17) is 4.74 Å². The predicted molar refractivity (Wildman–Crippen MR) is 118 cm³/mol. The van der Waals surface area contributed by atoms with Gasteiger partial charge in [0.25, 0.3) is 15.9 Å². The Labute approximate surface area is 178 Å². The fourth-order valence-electron chi connectivity index (χ4n) is 3.20. The number of para-hydroxylation sites is 1. The van der Waals surface area contributed by atoms with Gasteiger partial charge in [0.05, 0.1) is 10.6 Å². The van der Waals surface area contributed by atoms with Crippen LogP contribution >= 0.6 is 0 Å². The van der Waals surface area contributed by atoms with Gasteiger partial charge < -0.3 is 4.74 Å². The van der Waals surface area contributed by atoms with E-state index >= 15 is 0 Å². The number of benzene rings is 3. The molecule has 0 unspecified atom stereocenters. The van der Waals surface area contributed by atoms with Crippen LogP contribution in [-0.4, -0.2) is 20.9 Å². The van der Waals surface area contributed by atoms with Crippen molar-refractivity contribution in [1.82, 2.24) is 0 Å². The van der Waals surface area contributed by atoms with Crippen LogP contribution < -0.4 is 9.04 Å². The molecule has 0 fully saturated rings. The molecule has 30 heavy (non-hydrogen) atoms. The molecule has 0 aliphatic heterocycles. The summed E-state index contributed by atoms with van der Waals surface area (Å²) < 4.78 is 33.2. The molecule has 0 saturated heterocycles. The van der Waals surface area contributed by atoms with Gasteiger partial charge in [-0.3, -0.25) is 4.79 Å². The van der Waals surface area contributed by atoms with Gasteiger partial charge in [-0.25, -0.2) is 8.42 Å². The molecular weight excluding hydrogens is 398 g/mol. The van der Waals surface area contributed by atoms with Crippen LogP contribution in [0.15, 0.2) is 77.7 Å². The van der Waals surface area contributed by atoms with E-state index in [1.54, 1.807) is 30.3 Å². The van der Waals surface area contributed by atoms with Gasteiger partial charge in [0, 0.05) is 0 Å². The Bertz CT molecular complexity index is 1100. The summed E-state index contributed by atoms with van der Waals surface area (Å²) in [5.41, 5.74) is 3.10. The Kier molecular flexibility index (Phi) is 6.57. The minimum absolute atomic E-state index is 0.0463. The van der Waals surface area contributed by atoms with Gasteiger partial charge in [-0.15, -0.1) is 0 Å². The Morgan fingerprint density at radius 3 is 2.03 bits per heavy atom. The van der Waals surface area contributed by atoms with Crippen molar-refractivity contribution in [3.63, 3.8) is 0 Å². The maximum absolute atomic E-state index is 13.3. The van der Waals surface area contributed by atoms with Crippen molar-refractivity contribution in [3.05, 3.63) is 89.5 Å². The normalized spacial score (nSPS) is 11.2. The van der Waals surface area contributed by atoms with Crippen molar-refractivity contribution in [2.75, 3.05) is 10.9 Å². The molecule has 0 N–H and O–H groups in total. The van der Waals surface area contributed by atoms with Gasteiger partial charge in [-0.05, 0) is 61.2 Å². The Hall–Kier alpha value is -3.12. The number of sulfonamides is 1. The molecule has 5 nitrogen and oxygen atoms in total. The van der Waals surface area contributed by atoms with Crippen LogP contribution in [0.1, 0.15) is 23.6 Å². The van der Waals surface area contributed by atoms with Gasteiger partial charge in [-0.2, -0.15) is 4.31 Å². The summed E-state index contributed by atoms with van der Waals surface area (Å²) >= 11 is 0. The first kappa shape index (κ1) is 21.6. The third-order valence-corrected chi connectivity index (χ3v) is 6.60. The SMILES string of the molecule is CCc1ccc(N(C(=O)COc2c(C)cccc2C)S(=O)(=O)c2ccccc2)cc1. The van der Waals surface area contributed by atoms with Crippen molar-refractivity contribution >= 4 is 21.6 Å². The highest BCUT2D eigenvalue weighted by Gasteiger charge is 2.31. The molecule has 0 saturated carbocycles. The van der Waals surface area contributed by atoms with E-state index in [-0.39, 0.29) is 10.6 Å². The molecule has 0 aliphatic rings. The fraction of sp³-hybridized carbons (Fsp3) is 0.208. The third kappa shape index (κ3) is 4.54. The number of ether oxygens (including phenoxy) is 1. The lowest BCUT2D eigenvalue weighted by molar-refractivity contribution is -0.119. The van der Waals surface area contributed by atoms with Gasteiger partial charge >= 0.3 is 0 Å². The summed E-state index contributed by atoms with van der Waals surface area (Å²) in [5, 5.41) is 0. The number of hydrogen-bond acceptors (Lipinski definition) is 4. The summed E-state index contributed by atoms with van der Waals surface area (Å²) in [4.78, 5) is 13.2. The van der Waals surface area contributed by atoms with E-state index in [1.165, 1.54) is 12.1 Å². The molecular formula is C24H25NO4S.